The second-order valence-electron chi connectivity index (χ2n) is 4.87. The SMILES string of the molecule is COc1ccc2nc(C3CCCC3C(=O)O)sc2c1. The van der Waals surface area contributed by atoms with E-state index in [1.54, 1.807) is 18.4 Å². The molecule has 1 saturated carbocycles. The van der Waals surface area contributed by atoms with Crippen molar-refractivity contribution in [3.05, 3.63) is 23.2 Å². The summed E-state index contributed by atoms with van der Waals surface area (Å²) in [5, 5.41) is 10.2. The van der Waals surface area contributed by atoms with E-state index in [-0.39, 0.29) is 11.8 Å². The first-order valence-electron chi connectivity index (χ1n) is 6.36. The van der Waals surface area contributed by atoms with Crippen LogP contribution >= 0.6 is 11.3 Å². The summed E-state index contributed by atoms with van der Waals surface area (Å²) in [7, 11) is 1.64. The number of thiazole rings is 1. The molecule has 0 spiro atoms. The molecular weight excluding hydrogens is 262 g/mol. The number of ether oxygens (including phenoxy) is 1. The predicted octanol–water partition coefficient (Wildman–Crippen LogP) is 3.27. The van der Waals surface area contributed by atoms with Gasteiger partial charge in [-0.15, -0.1) is 11.3 Å². The number of methoxy groups -OCH3 is 1. The average Bonchev–Trinajstić information content (AvgIpc) is 3.03. The zero-order valence-electron chi connectivity index (χ0n) is 10.6. The molecule has 100 valence electrons. The molecule has 0 bridgehead atoms. The Kier molecular flexibility index (Phi) is 3.14. The number of rotatable bonds is 3. The van der Waals surface area contributed by atoms with Crippen molar-refractivity contribution in [3.8, 4) is 5.75 Å². The van der Waals surface area contributed by atoms with Gasteiger partial charge >= 0.3 is 5.97 Å². The highest BCUT2D eigenvalue weighted by Gasteiger charge is 2.35. The van der Waals surface area contributed by atoms with Crippen molar-refractivity contribution in [2.75, 3.05) is 7.11 Å². The maximum Gasteiger partial charge on any atom is 0.307 e. The van der Waals surface area contributed by atoms with Gasteiger partial charge in [0.05, 0.1) is 28.3 Å². The molecule has 1 heterocycles. The predicted molar refractivity (Wildman–Crippen MR) is 73.9 cm³/mol. The zero-order chi connectivity index (χ0) is 13.4. The number of hydrogen-bond donors (Lipinski definition) is 1. The Labute approximate surface area is 115 Å². The summed E-state index contributed by atoms with van der Waals surface area (Å²) in [6, 6.07) is 5.77. The van der Waals surface area contributed by atoms with E-state index in [0.717, 1.165) is 40.2 Å². The van der Waals surface area contributed by atoms with Crippen molar-refractivity contribution < 1.29 is 14.6 Å². The molecule has 0 aliphatic heterocycles. The zero-order valence-corrected chi connectivity index (χ0v) is 11.4. The fourth-order valence-electron chi connectivity index (χ4n) is 2.76. The Morgan fingerprint density at radius 3 is 3.05 bits per heavy atom. The third-order valence-corrected chi connectivity index (χ3v) is 4.91. The first-order chi connectivity index (χ1) is 9.19. The lowest BCUT2D eigenvalue weighted by Gasteiger charge is -2.11. The molecule has 1 aromatic carbocycles. The molecule has 2 unspecified atom stereocenters. The van der Waals surface area contributed by atoms with Gasteiger partial charge in [0.2, 0.25) is 0 Å². The first kappa shape index (κ1) is 12.4. The van der Waals surface area contributed by atoms with Crippen molar-refractivity contribution in [2.45, 2.75) is 25.2 Å². The van der Waals surface area contributed by atoms with E-state index in [4.69, 9.17) is 4.74 Å². The summed E-state index contributed by atoms with van der Waals surface area (Å²) in [6.45, 7) is 0. The van der Waals surface area contributed by atoms with Gasteiger partial charge in [0.25, 0.3) is 0 Å². The number of aromatic nitrogens is 1. The van der Waals surface area contributed by atoms with Crippen LogP contribution in [0, 0.1) is 5.92 Å². The number of hydrogen-bond acceptors (Lipinski definition) is 4. The minimum Gasteiger partial charge on any atom is -0.497 e. The molecule has 2 atom stereocenters. The fourth-order valence-corrected chi connectivity index (χ4v) is 3.96. The van der Waals surface area contributed by atoms with Gasteiger partial charge in [-0.3, -0.25) is 4.79 Å². The van der Waals surface area contributed by atoms with E-state index in [0.29, 0.717) is 0 Å². The minimum atomic E-state index is -0.695. The Balaban J connectivity index is 1.98. The monoisotopic (exact) mass is 277 g/mol. The highest BCUT2D eigenvalue weighted by molar-refractivity contribution is 7.18. The lowest BCUT2D eigenvalue weighted by molar-refractivity contribution is -0.142. The quantitative estimate of drug-likeness (QED) is 0.935. The van der Waals surface area contributed by atoms with Crippen LogP contribution in [0.25, 0.3) is 10.2 Å². The van der Waals surface area contributed by atoms with Crippen LogP contribution in [-0.4, -0.2) is 23.2 Å². The van der Waals surface area contributed by atoms with Crippen LogP contribution in [0.2, 0.25) is 0 Å². The Morgan fingerprint density at radius 2 is 2.32 bits per heavy atom. The van der Waals surface area contributed by atoms with E-state index >= 15 is 0 Å². The van der Waals surface area contributed by atoms with Crippen LogP contribution in [0.3, 0.4) is 0 Å². The molecule has 4 nitrogen and oxygen atoms in total. The largest absolute Gasteiger partial charge is 0.497 e. The van der Waals surface area contributed by atoms with Crippen molar-refractivity contribution in [2.24, 2.45) is 5.92 Å². The Hall–Kier alpha value is -1.62. The van der Waals surface area contributed by atoms with Crippen LogP contribution in [-0.2, 0) is 4.79 Å². The van der Waals surface area contributed by atoms with Crippen molar-refractivity contribution >= 4 is 27.5 Å². The lowest BCUT2D eigenvalue weighted by Crippen LogP contribution is -2.16. The Bertz CT molecular complexity index is 622. The van der Waals surface area contributed by atoms with E-state index in [9.17, 15) is 9.90 Å². The van der Waals surface area contributed by atoms with Gasteiger partial charge in [0.15, 0.2) is 0 Å². The molecule has 1 aliphatic carbocycles. The van der Waals surface area contributed by atoms with Crippen LogP contribution in [0.4, 0.5) is 0 Å². The summed E-state index contributed by atoms with van der Waals surface area (Å²) >= 11 is 1.59. The molecule has 5 heteroatoms. The molecule has 1 fully saturated rings. The molecule has 3 rings (SSSR count). The summed E-state index contributed by atoms with van der Waals surface area (Å²) in [4.78, 5) is 15.9. The Morgan fingerprint density at radius 1 is 1.47 bits per heavy atom. The topological polar surface area (TPSA) is 59.4 Å². The van der Waals surface area contributed by atoms with E-state index in [2.05, 4.69) is 4.98 Å². The highest BCUT2D eigenvalue weighted by atomic mass is 32.1. The summed E-state index contributed by atoms with van der Waals surface area (Å²) in [5.74, 6) is -0.0911. The van der Waals surface area contributed by atoms with Crippen molar-refractivity contribution in [3.63, 3.8) is 0 Å². The molecule has 1 aliphatic rings. The fraction of sp³-hybridized carbons (Fsp3) is 0.429. The lowest BCUT2D eigenvalue weighted by atomic mass is 9.97. The van der Waals surface area contributed by atoms with Gasteiger partial charge in [0, 0.05) is 5.92 Å². The number of carbonyl (C=O) groups is 1. The maximum atomic E-state index is 11.3. The summed E-state index contributed by atoms with van der Waals surface area (Å²) in [6.07, 6.45) is 2.66. The number of fused-ring (bicyclic) bond motifs is 1. The van der Waals surface area contributed by atoms with E-state index < -0.39 is 5.97 Å². The van der Waals surface area contributed by atoms with Crippen LogP contribution in [0.5, 0.6) is 5.75 Å². The number of aliphatic carboxylic acids is 1. The van der Waals surface area contributed by atoms with Gasteiger partial charge in [0.1, 0.15) is 5.75 Å². The smallest absolute Gasteiger partial charge is 0.307 e. The summed E-state index contributed by atoms with van der Waals surface area (Å²) in [5.41, 5.74) is 0.928. The van der Waals surface area contributed by atoms with Crippen molar-refractivity contribution in [1.82, 2.24) is 4.98 Å². The van der Waals surface area contributed by atoms with Gasteiger partial charge < -0.3 is 9.84 Å². The van der Waals surface area contributed by atoms with E-state index in [1.165, 1.54) is 0 Å². The molecular formula is C14H15NO3S. The molecule has 1 aromatic heterocycles. The second-order valence-corrected chi connectivity index (χ2v) is 5.93. The molecule has 0 radical (unpaired) electrons. The number of carboxylic acids is 1. The third-order valence-electron chi connectivity index (χ3n) is 3.76. The maximum absolute atomic E-state index is 11.3. The second kappa shape index (κ2) is 4.81. The van der Waals surface area contributed by atoms with Crippen LogP contribution < -0.4 is 4.74 Å². The van der Waals surface area contributed by atoms with Crippen LogP contribution in [0.15, 0.2) is 18.2 Å². The molecule has 0 saturated heterocycles. The molecule has 1 N–H and O–H groups in total. The van der Waals surface area contributed by atoms with Gasteiger partial charge in [-0.05, 0) is 31.0 Å². The molecule has 2 aromatic rings. The number of nitrogens with zero attached hydrogens (tertiary/aromatic N) is 1. The third kappa shape index (κ3) is 2.18. The molecule has 19 heavy (non-hydrogen) atoms. The number of carboxylic acid groups (broad SMARTS) is 1. The number of benzene rings is 1. The van der Waals surface area contributed by atoms with Crippen molar-refractivity contribution in [1.29, 1.82) is 0 Å². The van der Waals surface area contributed by atoms with Gasteiger partial charge in [-0.1, -0.05) is 6.42 Å². The minimum absolute atomic E-state index is 0.0703. The van der Waals surface area contributed by atoms with E-state index in [1.807, 2.05) is 18.2 Å². The van der Waals surface area contributed by atoms with Gasteiger partial charge in [-0.2, -0.15) is 0 Å². The standard InChI is InChI=1S/C14H15NO3S/c1-18-8-5-6-11-12(7-8)19-13(15-11)9-3-2-4-10(9)14(16)17/h5-7,9-10H,2-4H2,1H3,(H,16,17). The highest BCUT2D eigenvalue weighted by Crippen LogP contribution is 2.42. The van der Waals surface area contributed by atoms with Gasteiger partial charge in [-0.25, -0.2) is 4.98 Å². The average molecular weight is 277 g/mol. The molecule has 0 amide bonds. The van der Waals surface area contributed by atoms with Crippen LogP contribution in [0.1, 0.15) is 30.2 Å². The first-order valence-corrected chi connectivity index (χ1v) is 7.18. The normalized spacial score (nSPS) is 22.8. The summed E-state index contributed by atoms with van der Waals surface area (Å²) < 4.78 is 6.26.